The largest absolute Gasteiger partial charge is 0.496 e. The van der Waals surface area contributed by atoms with Crippen LogP contribution in [0.3, 0.4) is 0 Å². The molecule has 190 valence electrons. The first-order valence-corrected chi connectivity index (χ1v) is 9.56. The van der Waals surface area contributed by atoms with Crippen molar-refractivity contribution in [3.63, 3.8) is 0 Å². The lowest BCUT2D eigenvalue weighted by Gasteiger charge is -2.20. The molecular weight excluding hydrogens is 483 g/mol. The summed E-state index contributed by atoms with van der Waals surface area (Å²) in [5.41, 5.74) is 4.94. The lowest BCUT2D eigenvalue weighted by molar-refractivity contribution is -0.267. The standard InChI is InChI=1S/C22H21F5N2O6/c1-32-12-8-17(34-3)14(18(9-12)35-4)10-13(19(28)30)11-5-6-16(33-2)15(7-11)29-20(31)21(23,24)22(25,26)27/h5-10H,1-4H3,(H2,28,30)(H,29,31). The lowest BCUT2D eigenvalue weighted by Crippen LogP contribution is -2.47. The van der Waals surface area contributed by atoms with Gasteiger partial charge in [0.25, 0.3) is 0 Å². The molecule has 0 heterocycles. The Morgan fingerprint density at radius 1 is 0.857 bits per heavy atom. The highest BCUT2D eigenvalue weighted by molar-refractivity contribution is 6.24. The minimum atomic E-state index is -6.12. The molecule has 0 bridgehead atoms. The molecule has 0 aromatic heterocycles. The highest BCUT2D eigenvalue weighted by Gasteiger charge is 2.63. The molecule has 0 aliphatic carbocycles. The number of amides is 2. The number of hydrogen-bond donors (Lipinski definition) is 2. The molecule has 0 atom stereocenters. The van der Waals surface area contributed by atoms with Crippen LogP contribution < -0.4 is 30.0 Å². The van der Waals surface area contributed by atoms with E-state index in [9.17, 15) is 31.5 Å². The molecule has 0 unspecified atom stereocenters. The number of benzene rings is 2. The number of anilines is 1. The fourth-order valence-electron chi connectivity index (χ4n) is 2.92. The third-order valence-corrected chi connectivity index (χ3v) is 4.71. The van der Waals surface area contributed by atoms with Gasteiger partial charge in [-0.15, -0.1) is 0 Å². The topological polar surface area (TPSA) is 109 Å². The maximum atomic E-state index is 13.4. The smallest absolute Gasteiger partial charge is 0.463 e. The normalized spacial score (nSPS) is 12.1. The number of ether oxygens (including phenoxy) is 4. The predicted molar refractivity (Wildman–Crippen MR) is 116 cm³/mol. The average Bonchev–Trinajstić information content (AvgIpc) is 2.80. The van der Waals surface area contributed by atoms with E-state index in [1.807, 2.05) is 0 Å². The number of halogens is 5. The van der Waals surface area contributed by atoms with Crippen molar-refractivity contribution in [3.05, 3.63) is 41.5 Å². The minimum absolute atomic E-state index is 0.0381. The van der Waals surface area contributed by atoms with Gasteiger partial charge in [0.05, 0.1) is 39.7 Å². The molecule has 3 N–H and O–H groups in total. The molecule has 8 nitrogen and oxygen atoms in total. The SMILES string of the molecule is COc1cc(OC)c(C=C(C(N)=O)c2ccc(OC)c(NC(=O)C(F)(F)C(F)(F)F)c2)c(OC)c1. The highest BCUT2D eigenvalue weighted by Crippen LogP contribution is 2.39. The Hall–Kier alpha value is -4.03. The third-order valence-electron chi connectivity index (χ3n) is 4.71. The lowest BCUT2D eigenvalue weighted by atomic mass is 10.00. The van der Waals surface area contributed by atoms with Crippen LogP contribution in [0.4, 0.5) is 27.6 Å². The minimum Gasteiger partial charge on any atom is -0.496 e. The summed E-state index contributed by atoms with van der Waals surface area (Å²) in [5, 5.41) is 1.49. The first-order chi connectivity index (χ1) is 16.3. The maximum Gasteiger partial charge on any atom is 0.463 e. The summed E-state index contributed by atoms with van der Waals surface area (Å²) >= 11 is 0. The van der Waals surface area contributed by atoms with Gasteiger partial charge in [0.2, 0.25) is 5.91 Å². The van der Waals surface area contributed by atoms with Crippen molar-refractivity contribution in [3.8, 4) is 23.0 Å². The van der Waals surface area contributed by atoms with Crippen molar-refractivity contribution in [1.82, 2.24) is 0 Å². The second-order valence-corrected chi connectivity index (χ2v) is 6.81. The zero-order valence-electron chi connectivity index (χ0n) is 18.9. The Labute approximate surface area is 196 Å². The van der Waals surface area contributed by atoms with E-state index in [2.05, 4.69) is 0 Å². The van der Waals surface area contributed by atoms with Gasteiger partial charge in [-0.05, 0) is 23.8 Å². The Morgan fingerprint density at radius 3 is 1.83 bits per heavy atom. The number of hydrogen-bond acceptors (Lipinski definition) is 6. The van der Waals surface area contributed by atoms with E-state index in [1.165, 1.54) is 50.9 Å². The van der Waals surface area contributed by atoms with E-state index in [4.69, 9.17) is 24.7 Å². The summed E-state index contributed by atoms with van der Waals surface area (Å²) in [6, 6.07) is 6.38. The zero-order chi connectivity index (χ0) is 26.6. The molecule has 2 rings (SSSR count). The van der Waals surface area contributed by atoms with E-state index >= 15 is 0 Å². The van der Waals surface area contributed by atoms with Crippen LogP contribution in [-0.2, 0) is 9.59 Å². The van der Waals surface area contributed by atoms with Gasteiger partial charge in [0, 0.05) is 17.7 Å². The fraction of sp³-hybridized carbons (Fsp3) is 0.273. The zero-order valence-corrected chi connectivity index (χ0v) is 18.9. The Balaban J connectivity index is 2.65. The molecule has 2 aromatic rings. The van der Waals surface area contributed by atoms with Gasteiger partial charge in [-0.2, -0.15) is 22.0 Å². The predicted octanol–water partition coefficient (Wildman–Crippen LogP) is 3.88. The van der Waals surface area contributed by atoms with Crippen LogP contribution in [0.15, 0.2) is 30.3 Å². The second-order valence-electron chi connectivity index (χ2n) is 6.81. The van der Waals surface area contributed by atoms with Crippen molar-refractivity contribution in [2.45, 2.75) is 12.1 Å². The van der Waals surface area contributed by atoms with E-state index in [-0.39, 0.29) is 33.9 Å². The van der Waals surface area contributed by atoms with Crippen molar-refractivity contribution in [2.24, 2.45) is 5.73 Å². The van der Waals surface area contributed by atoms with Crippen LogP contribution in [0, 0.1) is 0 Å². The summed E-state index contributed by atoms with van der Waals surface area (Å²) in [6.07, 6.45) is -4.86. The summed E-state index contributed by atoms with van der Waals surface area (Å²) in [4.78, 5) is 24.0. The number of nitrogens with two attached hydrogens (primary N) is 1. The number of carbonyl (C=O) groups excluding carboxylic acids is 2. The molecule has 0 radical (unpaired) electrons. The van der Waals surface area contributed by atoms with Gasteiger partial charge in [-0.3, -0.25) is 9.59 Å². The van der Waals surface area contributed by atoms with Gasteiger partial charge < -0.3 is 30.0 Å². The monoisotopic (exact) mass is 504 g/mol. The first kappa shape index (κ1) is 27.2. The van der Waals surface area contributed by atoms with E-state index in [1.54, 1.807) is 0 Å². The molecule has 2 amide bonds. The van der Waals surface area contributed by atoms with Gasteiger partial charge in [0.15, 0.2) is 0 Å². The maximum absolute atomic E-state index is 13.4. The third kappa shape index (κ3) is 5.73. The highest BCUT2D eigenvalue weighted by atomic mass is 19.4. The number of primary amides is 1. The molecule has 0 fully saturated rings. The molecule has 0 aliphatic rings. The van der Waals surface area contributed by atoms with Crippen LogP contribution in [-0.4, -0.2) is 52.4 Å². The van der Waals surface area contributed by atoms with Crippen LogP contribution >= 0.6 is 0 Å². The Kier molecular flexibility index (Phi) is 8.16. The Morgan fingerprint density at radius 2 is 1.40 bits per heavy atom. The van der Waals surface area contributed by atoms with Gasteiger partial charge >= 0.3 is 18.0 Å². The average molecular weight is 504 g/mol. The summed E-state index contributed by atoms with van der Waals surface area (Å²) in [7, 11) is 5.20. The number of rotatable bonds is 9. The molecule has 0 spiro atoms. The van der Waals surface area contributed by atoms with E-state index in [0.29, 0.717) is 5.75 Å². The van der Waals surface area contributed by atoms with Crippen LogP contribution in [0.1, 0.15) is 11.1 Å². The van der Waals surface area contributed by atoms with Gasteiger partial charge in [0.1, 0.15) is 23.0 Å². The van der Waals surface area contributed by atoms with E-state index in [0.717, 1.165) is 19.2 Å². The van der Waals surface area contributed by atoms with Crippen LogP contribution in [0.2, 0.25) is 0 Å². The van der Waals surface area contributed by atoms with Crippen molar-refractivity contribution < 1.29 is 50.5 Å². The number of methoxy groups -OCH3 is 4. The first-order valence-electron chi connectivity index (χ1n) is 9.56. The molecule has 13 heteroatoms. The Bertz CT molecular complexity index is 1120. The number of alkyl halides is 5. The van der Waals surface area contributed by atoms with Crippen molar-refractivity contribution in [2.75, 3.05) is 33.8 Å². The van der Waals surface area contributed by atoms with E-state index < -0.39 is 29.6 Å². The fourth-order valence-corrected chi connectivity index (χ4v) is 2.92. The molecule has 0 aliphatic heterocycles. The molecule has 0 saturated heterocycles. The van der Waals surface area contributed by atoms with Crippen molar-refractivity contribution in [1.29, 1.82) is 0 Å². The number of carbonyl (C=O) groups is 2. The van der Waals surface area contributed by atoms with Crippen LogP contribution in [0.5, 0.6) is 23.0 Å². The molecule has 35 heavy (non-hydrogen) atoms. The van der Waals surface area contributed by atoms with Gasteiger partial charge in [-0.1, -0.05) is 6.07 Å². The van der Waals surface area contributed by atoms with Crippen LogP contribution in [0.25, 0.3) is 11.6 Å². The molecule has 0 saturated carbocycles. The summed E-state index contributed by atoms with van der Waals surface area (Å²) < 4.78 is 85.3. The molecular formula is C22H21F5N2O6. The summed E-state index contributed by atoms with van der Waals surface area (Å²) in [6.45, 7) is 0. The number of nitrogens with one attached hydrogen (secondary N) is 1. The van der Waals surface area contributed by atoms with Crippen molar-refractivity contribution >= 4 is 29.2 Å². The quantitative estimate of drug-likeness (QED) is 0.305. The summed E-state index contributed by atoms with van der Waals surface area (Å²) in [5.74, 6) is -8.75. The second kappa shape index (κ2) is 10.5. The molecule has 2 aromatic carbocycles. The van der Waals surface area contributed by atoms with Gasteiger partial charge in [-0.25, -0.2) is 0 Å².